The van der Waals surface area contributed by atoms with Crippen LogP contribution in [0.15, 0.2) is 48.5 Å². The Kier molecular flexibility index (Phi) is 13.7. The lowest BCUT2D eigenvalue weighted by Crippen LogP contribution is -2.07. The van der Waals surface area contributed by atoms with Gasteiger partial charge in [-0.15, -0.1) is 0 Å². The van der Waals surface area contributed by atoms with E-state index in [1.54, 1.807) is 12.1 Å². The minimum atomic E-state index is -0.287. The van der Waals surface area contributed by atoms with E-state index in [9.17, 15) is 9.59 Å². The number of hydrogen-bond acceptors (Lipinski definition) is 4. The highest BCUT2D eigenvalue weighted by molar-refractivity contribution is 5.90. The van der Waals surface area contributed by atoms with Crippen LogP contribution in [0.1, 0.15) is 108 Å². The van der Waals surface area contributed by atoms with Crippen molar-refractivity contribution in [3.05, 3.63) is 54.1 Å². The summed E-state index contributed by atoms with van der Waals surface area (Å²) in [5.74, 6) is 0.111. The van der Waals surface area contributed by atoms with Crippen molar-refractivity contribution in [3.8, 4) is 16.9 Å². The summed E-state index contributed by atoms with van der Waals surface area (Å²) < 4.78 is 10.7. The quantitative estimate of drug-likeness (QED) is 0.133. The van der Waals surface area contributed by atoms with Crippen LogP contribution in [-0.2, 0) is 9.53 Å². The summed E-state index contributed by atoms with van der Waals surface area (Å²) in [6.07, 6.45) is 14.8. The van der Waals surface area contributed by atoms with Gasteiger partial charge in [0.15, 0.2) is 0 Å². The van der Waals surface area contributed by atoms with Gasteiger partial charge < -0.3 is 9.47 Å². The topological polar surface area (TPSA) is 52.6 Å². The molecule has 2 rings (SSSR count). The summed E-state index contributed by atoms with van der Waals surface area (Å²) >= 11 is 0. The molecule has 0 radical (unpaired) electrons. The maximum atomic E-state index is 12.1. The van der Waals surface area contributed by atoms with Crippen molar-refractivity contribution in [2.24, 2.45) is 0 Å². The third-order valence-electron chi connectivity index (χ3n) is 6.01. The van der Waals surface area contributed by atoms with Crippen LogP contribution in [0.3, 0.4) is 0 Å². The van der Waals surface area contributed by atoms with E-state index in [1.807, 2.05) is 36.4 Å². The first-order chi connectivity index (χ1) is 16.6. The van der Waals surface area contributed by atoms with E-state index in [-0.39, 0.29) is 11.9 Å². The summed E-state index contributed by atoms with van der Waals surface area (Å²) in [7, 11) is 0. The molecule has 0 aliphatic rings. The number of esters is 2. The van der Waals surface area contributed by atoms with Crippen molar-refractivity contribution in [3.63, 3.8) is 0 Å². The normalized spacial score (nSPS) is 10.8. The molecule has 0 aromatic heterocycles. The molecule has 186 valence electrons. The van der Waals surface area contributed by atoms with Gasteiger partial charge in [0.2, 0.25) is 0 Å². The smallest absolute Gasteiger partial charge is 0.338 e. The number of benzene rings is 2. The average Bonchev–Trinajstić information content (AvgIpc) is 2.86. The van der Waals surface area contributed by atoms with E-state index < -0.39 is 0 Å². The Hall–Kier alpha value is -2.62. The van der Waals surface area contributed by atoms with E-state index in [0.29, 0.717) is 24.3 Å². The molecule has 4 nitrogen and oxygen atoms in total. The van der Waals surface area contributed by atoms with Gasteiger partial charge in [0.05, 0.1) is 12.2 Å². The SMILES string of the molecule is CCCCCCCCCCCCC(=O)Oc1ccc(-c2ccc(C(=O)OCCCC)cc2)cc1. The van der Waals surface area contributed by atoms with Crippen molar-refractivity contribution < 1.29 is 19.1 Å². The van der Waals surface area contributed by atoms with Gasteiger partial charge in [0.25, 0.3) is 0 Å². The minimum Gasteiger partial charge on any atom is -0.462 e. The Morgan fingerprint density at radius 3 is 1.68 bits per heavy atom. The van der Waals surface area contributed by atoms with Gasteiger partial charge in [0.1, 0.15) is 5.75 Å². The second kappa shape index (κ2) is 16.9. The zero-order chi connectivity index (χ0) is 24.4. The lowest BCUT2D eigenvalue weighted by molar-refractivity contribution is -0.134. The predicted molar refractivity (Wildman–Crippen MR) is 139 cm³/mol. The molecule has 0 bridgehead atoms. The van der Waals surface area contributed by atoms with E-state index in [4.69, 9.17) is 9.47 Å². The van der Waals surface area contributed by atoms with Crippen molar-refractivity contribution >= 4 is 11.9 Å². The third kappa shape index (κ3) is 11.0. The van der Waals surface area contributed by atoms with Gasteiger partial charge in [-0.2, -0.15) is 0 Å². The maximum Gasteiger partial charge on any atom is 0.338 e. The molecule has 0 atom stereocenters. The van der Waals surface area contributed by atoms with Crippen LogP contribution in [0.25, 0.3) is 11.1 Å². The van der Waals surface area contributed by atoms with Crippen molar-refractivity contribution in [1.82, 2.24) is 0 Å². The van der Waals surface area contributed by atoms with Crippen molar-refractivity contribution in [2.45, 2.75) is 97.3 Å². The zero-order valence-electron chi connectivity index (χ0n) is 21.2. The van der Waals surface area contributed by atoms with Crippen LogP contribution < -0.4 is 4.74 Å². The Bertz CT molecular complexity index is 824. The molecule has 0 saturated carbocycles. The maximum absolute atomic E-state index is 12.1. The van der Waals surface area contributed by atoms with Gasteiger partial charge >= 0.3 is 11.9 Å². The van der Waals surface area contributed by atoms with E-state index in [0.717, 1.165) is 36.8 Å². The molecular formula is C30H42O4. The van der Waals surface area contributed by atoms with Crippen LogP contribution in [0.5, 0.6) is 5.75 Å². The summed E-state index contributed by atoms with van der Waals surface area (Å²) in [4.78, 5) is 24.2. The fraction of sp³-hybridized carbons (Fsp3) is 0.533. The summed E-state index contributed by atoms with van der Waals surface area (Å²) in [5, 5.41) is 0. The lowest BCUT2D eigenvalue weighted by Gasteiger charge is -2.07. The molecular weight excluding hydrogens is 424 g/mol. The van der Waals surface area contributed by atoms with Gasteiger partial charge in [-0.1, -0.05) is 102 Å². The average molecular weight is 467 g/mol. The van der Waals surface area contributed by atoms with Crippen molar-refractivity contribution in [2.75, 3.05) is 6.61 Å². The van der Waals surface area contributed by atoms with E-state index in [1.165, 1.54) is 51.4 Å². The Balaban J connectivity index is 1.66. The van der Waals surface area contributed by atoms with Crippen LogP contribution in [0.2, 0.25) is 0 Å². The fourth-order valence-corrected chi connectivity index (χ4v) is 3.85. The molecule has 2 aromatic rings. The Morgan fingerprint density at radius 2 is 1.12 bits per heavy atom. The van der Waals surface area contributed by atoms with Crippen LogP contribution in [0, 0.1) is 0 Å². The van der Waals surface area contributed by atoms with E-state index in [2.05, 4.69) is 13.8 Å². The first-order valence-corrected chi connectivity index (χ1v) is 13.2. The molecule has 2 aromatic carbocycles. The van der Waals surface area contributed by atoms with Crippen LogP contribution in [-0.4, -0.2) is 18.5 Å². The number of carbonyl (C=O) groups excluding carboxylic acids is 2. The lowest BCUT2D eigenvalue weighted by atomic mass is 10.0. The number of unbranched alkanes of at least 4 members (excludes halogenated alkanes) is 10. The Morgan fingerprint density at radius 1 is 0.618 bits per heavy atom. The molecule has 34 heavy (non-hydrogen) atoms. The number of ether oxygens (including phenoxy) is 2. The van der Waals surface area contributed by atoms with Gasteiger partial charge in [0, 0.05) is 6.42 Å². The summed E-state index contributed by atoms with van der Waals surface area (Å²) in [6.45, 7) is 4.76. The second-order valence-corrected chi connectivity index (χ2v) is 9.00. The molecule has 0 unspecified atom stereocenters. The monoisotopic (exact) mass is 466 g/mol. The molecule has 0 amide bonds. The predicted octanol–water partition coefficient (Wildman–Crippen LogP) is 8.53. The first kappa shape index (κ1) is 27.6. The molecule has 0 saturated heterocycles. The van der Waals surface area contributed by atoms with Gasteiger partial charge in [-0.25, -0.2) is 4.79 Å². The molecule has 0 heterocycles. The molecule has 0 spiro atoms. The highest BCUT2D eigenvalue weighted by Crippen LogP contribution is 2.23. The van der Waals surface area contributed by atoms with Crippen LogP contribution in [0.4, 0.5) is 0 Å². The minimum absolute atomic E-state index is 0.168. The standard InChI is InChI=1S/C30H42O4/c1-3-5-7-8-9-10-11-12-13-14-15-29(31)34-28-22-20-26(21-23-28)25-16-18-27(19-17-25)30(32)33-24-6-4-2/h16-23H,3-15,24H2,1-2H3. The number of carbonyl (C=O) groups is 2. The highest BCUT2D eigenvalue weighted by Gasteiger charge is 2.08. The number of rotatable bonds is 17. The highest BCUT2D eigenvalue weighted by atomic mass is 16.5. The van der Waals surface area contributed by atoms with Crippen LogP contribution >= 0.6 is 0 Å². The second-order valence-electron chi connectivity index (χ2n) is 9.00. The van der Waals surface area contributed by atoms with Gasteiger partial charge in [-0.3, -0.25) is 4.79 Å². The Labute approximate surface area is 206 Å². The largest absolute Gasteiger partial charge is 0.462 e. The summed E-state index contributed by atoms with van der Waals surface area (Å²) in [6, 6.07) is 14.9. The summed E-state index contributed by atoms with van der Waals surface area (Å²) in [5.41, 5.74) is 2.55. The molecule has 0 fully saturated rings. The number of hydrogen-bond donors (Lipinski definition) is 0. The van der Waals surface area contributed by atoms with Crippen molar-refractivity contribution in [1.29, 1.82) is 0 Å². The molecule has 0 aliphatic carbocycles. The fourth-order valence-electron chi connectivity index (χ4n) is 3.85. The zero-order valence-corrected chi connectivity index (χ0v) is 21.2. The van der Waals surface area contributed by atoms with E-state index >= 15 is 0 Å². The third-order valence-corrected chi connectivity index (χ3v) is 6.01. The molecule has 4 heteroatoms. The first-order valence-electron chi connectivity index (χ1n) is 13.2. The molecule has 0 aliphatic heterocycles. The van der Waals surface area contributed by atoms with Gasteiger partial charge in [-0.05, 0) is 48.2 Å². The molecule has 0 N–H and O–H groups in total.